The highest BCUT2D eigenvalue weighted by Crippen LogP contribution is 2.30. The average Bonchev–Trinajstić information content (AvgIpc) is 2.69. The van der Waals surface area contributed by atoms with Gasteiger partial charge in [0.05, 0.1) is 23.4 Å². The maximum atomic E-state index is 12.8. The van der Waals surface area contributed by atoms with Crippen LogP contribution in [-0.4, -0.2) is 56.7 Å². The Hall–Kier alpha value is -1.70. The molecule has 0 unspecified atom stereocenters. The van der Waals surface area contributed by atoms with Crippen LogP contribution in [0, 0.1) is 5.92 Å². The molecule has 1 fully saturated rings. The summed E-state index contributed by atoms with van der Waals surface area (Å²) in [7, 11) is 1.49. The average molecular weight is 434 g/mol. The highest BCUT2D eigenvalue weighted by Gasteiger charge is 2.29. The smallest absolute Gasteiger partial charge is 0.257 e. The fourth-order valence-electron chi connectivity index (χ4n) is 3.09. The van der Waals surface area contributed by atoms with Crippen molar-refractivity contribution in [2.75, 3.05) is 45.7 Å². The number of likely N-dealkylation sites (tertiary alicyclic amines) is 1. The third-order valence-corrected chi connectivity index (χ3v) is 5.00. The van der Waals surface area contributed by atoms with E-state index < -0.39 is 0 Å². The highest BCUT2D eigenvalue weighted by molar-refractivity contribution is 6.33. The van der Waals surface area contributed by atoms with Gasteiger partial charge in [0.15, 0.2) is 0 Å². The molecule has 0 saturated carbocycles. The maximum Gasteiger partial charge on any atom is 0.257 e. The van der Waals surface area contributed by atoms with Gasteiger partial charge in [0.25, 0.3) is 5.91 Å². The predicted octanol–water partition coefficient (Wildman–Crippen LogP) is 2.75. The maximum absolute atomic E-state index is 12.8. The second-order valence-electron chi connectivity index (χ2n) is 6.48. The van der Waals surface area contributed by atoms with Crippen LogP contribution in [0.4, 0.5) is 5.69 Å². The first-order valence-corrected chi connectivity index (χ1v) is 9.63. The Labute approximate surface area is 177 Å². The number of nitrogen functional groups attached to an aromatic ring is 1. The molecule has 1 aromatic carbocycles. The zero-order chi connectivity index (χ0) is 19.8. The zero-order valence-corrected chi connectivity index (χ0v) is 17.9. The molecular formula is C19H29Cl2N3O4. The molecule has 2 rings (SSSR count). The number of piperidine rings is 1. The van der Waals surface area contributed by atoms with Gasteiger partial charge in [-0.2, -0.15) is 0 Å². The summed E-state index contributed by atoms with van der Waals surface area (Å²) in [6, 6.07) is 3.09. The minimum atomic E-state index is -0.163. The lowest BCUT2D eigenvalue weighted by molar-refractivity contribution is -0.126. The number of nitrogens with two attached hydrogens (primary N) is 1. The number of carbonyl (C=O) groups is 2. The quantitative estimate of drug-likeness (QED) is 0.485. The van der Waals surface area contributed by atoms with Crippen molar-refractivity contribution in [1.82, 2.24) is 10.2 Å². The molecule has 9 heteroatoms. The fraction of sp³-hybridized carbons (Fsp3) is 0.579. The molecule has 0 aliphatic carbocycles. The van der Waals surface area contributed by atoms with Crippen LogP contribution < -0.4 is 15.8 Å². The number of hydrogen-bond acceptors (Lipinski definition) is 5. The van der Waals surface area contributed by atoms with Crippen LogP contribution in [-0.2, 0) is 9.53 Å². The summed E-state index contributed by atoms with van der Waals surface area (Å²) in [6.07, 6.45) is 2.07. The van der Waals surface area contributed by atoms with Crippen LogP contribution in [0.15, 0.2) is 12.1 Å². The number of nitrogens with one attached hydrogen (secondary N) is 1. The highest BCUT2D eigenvalue weighted by atomic mass is 35.5. The van der Waals surface area contributed by atoms with E-state index in [9.17, 15) is 9.59 Å². The monoisotopic (exact) mass is 433 g/mol. The number of rotatable bonds is 8. The fourth-order valence-corrected chi connectivity index (χ4v) is 3.26. The van der Waals surface area contributed by atoms with Gasteiger partial charge in [-0.15, -0.1) is 12.4 Å². The molecule has 0 aromatic heterocycles. The first kappa shape index (κ1) is 24.3. The van der Waals surface area contributed by atoms with E-state index in [2.05, 4.69) is 5.32 Å². The number of hydrogen-bond donors (Lipinski definition) is 2. The Morgan fingerprint density at radius 2 is 2.00 bits per heavy atom. The van der Waals surface area contributed by atoms with E-state index in [1.807, 2.05) is 6.92 Å². The van der Waals surface area contributed by atoms with Crippen LogP contribution in [0.25, 0.3) is 0 Å². The van der Waals surface area contributed by atoms with Crippen molar-refractivity contribution in [2.45, 2.75) is 26.2 Å². The van der Waals surface area contributed by atoms with Gasteiger partial charge in [-0.3, -0.25) is 9.59 Å². The molecule has 0 spiro atoms. The molecule has 28 heavy (non-hydrogen) atoms. The van der Waals surface area contributed by atoms with Crippen molar-refractivity contribution >= 4 is 41.5 Å². The van der Waals surface area contributed by atoms with Crippen LogP contribution in [0.5, 0.6) is 5.75 Å². The minimum Gasteiger partial charge on any atom is -0.496 e. The topological polar surface area (TPSA) is 93.9 Å². The van der Waals surface area contributed by atoms with E-state index in [1.165, 1.54) is 13.2 Å². The zero-order valence-electron chi connectivity index (χ0n) is 16.3. The lowest BCUT2D eigenvalue weighted by atomic mass is 9.95. The summed E-state index contributed by atoms with van der Waals surface area (Å²) < 4.78 is 10.5. The molecule has 1 aliphatic heterocycles. The summed E-state index contributed by atoms with van der Waals surface area (Å²) in [5.41, 5.74) is 6.52. The molecule has 3 N–H and O–H groups in total. The Kier molecular flexibility index (Phi) is 10.4. The number of amides is 2. The van der Waals surface area contributed by atoms with E-state index in [4.69, 9.17) is 26.8 Å². The van der Waals surface area contributed by atoms with Gasteiger partial charge in [0, 0.05) is 44.8 Å². The molecule has 0 radical (unpaired) electrons. The van der Waals surface area contributed by atoms with Crippen molar-refractivity contribution in [2.24, 2.45) is 5.92 Å². The Balaban J connectivity index is 0.00000392. The first-order valence-electron chi connectivity index (χ1n) is 9.25. The molecule has 1 aromatic rings. The predicted molar refractivity (Wildman–Crippen MR) is 112 cm³/mol. The second kappa shape index (κ2) is 12.0. The van der Waals surface area contributed by atoms with Gasteiger partial charge >= 0.3 is 0 Å². The molecule has 2 amide bonds. The molecule has 1 heterocycles. The van der Waals surface area contributed by atoms with E-state index in [0.717, 1.165) is 6.42 Å². The lowest BCUT2D eigenvalue weighted by Crippen LogP contribution is -2.43. The Morgan fingerprint density at radius 3 is 2.61 bits per heavy atom. The molecular weight excluding hydrogens is 405 g/mol. The summed E-state index contributed by atoms with van der Waals surface area (Å²) >= 11 is 6.06. The summed E-state index contributed by atoms with van der Waals surface area (Å²) in [5.74, 6) is 0.213. The number of methoxy groups -OCH3 is 1. The van der Waals surface area contributed by atoms with Crippen molar-refractivity contribution in [3.05, 3.63) is 22.7 Å². The molecule has 0 bridgehead atoms. The largest absolute Gasteiger partial charge is 0.496 e. The van der Waals surface area contributed by atoms with Gasteiger partial charge in [0.2, 0.25) is 5.91 Å². The van der Waals surface area contributed by atoms with Gasteiger partial charge in [-0.25, -0.2) is 0 Å². The number of halogens is 2. The van der Waals surface area contributed by atoms with Gasteiger partial charge < -0.3 is 25.4 Å². The number of nitrogens with zero attached hydrogens (tertiary/aromatic N) is 1. The van der Waals surface area contributed by atoms with Crippen LogP contribution in [0.2, 0.25) is 5.02 Å². The number of ether oxygens (including phenoxy) is 2. The van der Waals surface area contributed by atoms with E-state index in [1.54, 1.807) is 11.0 Å². The van der Waals surface area contributed by atoms with Crippen molar-refractivity contribution in [1.29, 1.82) is 0 Å². The minimum absolute atomic E-state index is 0. The standard InChI is InChI=1S/C19H28ClN3O4.ClH/c1-3-27-10-4-7-22-18(24)13-5-8-23(9-6-13)19(25)14-11-15(20)16(21)12-17(14)26-2;/h11-13H,3-10,21H2,1-2H3,(H,22,24);1H. The van der Waals surface area contributed by atoms with Crippen molar-refractivity contribution in [3.63, 3.8) is 0 Å². The van der Waals surface area contributed by atoms with E-state index in [0.29, 0.717) is 67.7 Å². The van der Waals surface area contributed by atoms with Crippen LogP contribution >= 0.6 is 24.0 Å². The summed E-state index contributed by atoms with van der Waals surface area (Å²) in [5, 5.41) is 3.27. The Bertz CT molecular complexity index is 665. The number of benzene rings is 1. The summed E-state index contributed by atoms with van der Waals surface area (Å²) in [4.78, 5) is 26.8. The van der Waals surface area contributed by atoms with Gasteiger partial charge in [-0.05, 0) is 32.3 Å². The summed E-state index contributed by atoms with van der Waals surface area (Å²) in [6.45, 7) is 4.92. The lowest BCUT2D eigenvalue weighted by Gasteiger charge is -2.31. The van der Waals surface area contributed by atoms with Crippen LogP contribution in [0.1, 0.15) is 36.5 Å². The first-order chi connectivity index (χ1) is 13.0. The van der Waals surface area contributed by atoms with Crippen molar-refractivity contribution < 1.29 is 19.1 Å². The van der Waals surface area contributed by atoms with Crippen molar-refractivity contribution in [3.8, 4) is 5.75 Å². The molecule has 1 saturated heterocycles. The van der Waals surface area contributed by atoms with Gasteiger partial charge in [0.1, 0.15) is 5.75 Å². The number of carbonyl (C=O) groups excluding carboxylic acids is 2. The molecule has 1 aliphatic rings. The SMILES string of the molecule is CCOCCCNC(=O)C1CCN(C(=O)c2cc(Cl)c(N)cc2OC)CC1.Cl. The third kappa shape index (κ3) is 6.43. The van der Waals surface area contributed by atoms with E-state index in [-0.39, 0.29) is 30.1 Å². The molecule has 158 valence electrons. The van der Waals surface area contributed by atoms with Gasteiger partial charge in [-0.1, -0.05) is 11.6 Å². The third-order valence-electron chi connectivity index (χ3n) is 4.67. The second-order valence-corrected chi connectivity index (χ2v) is 6.89. The molecule has 0 atom stereocenters. The molecule has 7 nitrogen and oxygen atoms in total. The Morgan fingerprint density at radius 1 is 1.32 bits per heavy atom. The number of anilines is 1. The van der Waals surface area contributed by atoms with Crippen LogP contribution in [0.3, 0.4) is 0 Å². The normalized spacial score (nSPS) is 14.3. The van der Waals surface area contributed by atoms with E-state index >= 15 is 0 Å².